The zero-order valence-electron chi connectivity index (χ0n) is 13.4. The van der Waals surface area contributed by atoms with E-state index in [9.17, 15) is 17.6 Å². The summed E-state index contributed by atoms with van der Waals surface area (Å²) in [7, 11) is -2.98. The topological polar surface area (TPSA) is 88.2 Å². The van der Waals surface area contributed by atoms with E-state index in [1.165, 1.54) is 12.3 Å². The molecule has 0 aliphatic carbocycles. The van der Waals surface area contributed by atoms with Gasteiger partial charge in [-0.25, -0.2) is 12.8 Å². The first-order chi connectivity index (χ1) is 11.9. The fourth-order valence-electron chi connectivity index (χ4n) is 2.70. The summed E-state index contributed by atoms with van der Waals surface area (Å²) in [6.45, 7) is 0.0612. The summed E-state index contributed by atoms with van der Waals surface area (Å²) in [5.74, 6) is -0.546. The Kier molecular flexibility index (Phi) is 4.98. The second kappa shape index (κ2) is 7.18. The minimum absolute atomic E-state index is 0.0612. The van der Waals surface area contributed by atoms with E-state index >= 15 is 0 Å². The normalized spacial score (nSPS) is 18.7. The van der Waals surface area contributed by atoms with Crippen LogP contribution in [-0.2, 0) is 16.4 Å². The predicted octanol–water partition coefficient (Wildman–Crippen LogP) is 1.75. The Balaban J connectivity index is 1.63. The van der Waals surface area contributed by atoms with Crippen LogP contribution in [0.3, 0.4) is 0 Å². The molecule has 1 amide bonds. The molecule has 1 saturated heterocycles. The number of carbonyl (C=O) groups excluding carboxylic acids is 1. The van der Waals surface area contributed by atoms with Crippen LogP contribution < -0.4 is 10.6 Å². The number of nitrogens with one attached hydrogen (secondary N) is 2. The number of benzene rings is 1. The molecule has 2 N–H and O–H groups in total. The van der Waals surface area contributed by atoms with Crippen LogP contribution in [0.5, 0.6) is 0 Å². The molecule has 1 aliphatic rings. The second-order valence-electron chi connectivity index (χ2n) is 5.95. The zero-order valence-corrected chi connectivity index (χ0v) is 14.2. The summed E-state index contributed by atoms with van der Waals surface area (Å²) in [5, 5.41) is 5.74. The first-order valence-corrected chi connectivity index (χ1v) is 9.70. The number of nitrogens with zero attached hydrogens (tertiary/aromatic N) is 1. The van der Waals surface area contributed by atoms with E-state index in [0.29, 0.717) is 17.7 Å². The summed E-state index contributed by atoms with van der Waals surface area (Å²) in [6.07, 6.45) is 2.02. The minimum atomic E-state index is -2.98. The molecule has 1 atom stereocenters. The predicted molar refractivity (Wildman–Crippen MR) is 92.5 cm³/mol. The lowest BCUT2D eigenvalue weighted by Crippen LogP contribution is -2.25. The van der Waals surface area contributed by atoms with Gasteiger partial charge in [-0.15, -0.1) is 0 Å². The molecule has 132 valence electrons. The Bertz CT molecular complexity index is 886. The van der Waals surface area contributed by atoms with Gasteiger partial charge in [-0.1, -0.05) is 18.2 Å². The molecule has 0 bridgehead atoms. The number of pyridine rings is 1. The number of carbonyl (C=O) groups is 1. The summed E-state index contributed by atoms with van der Waals surface area (Å²) in [4.78, 5) is 16.2. The van der Waals surface area contributed by atoms with Crippen LogP contribution in [0.2, 0.25) is 0 Å². The molecule has 3 rings (SSSR count). The van der Waals surface area contributed by atoms with E-state index in [1.54, 1.807) is 30.3 Å². The van der Waals surface area contributed by atoms with Gasteiger partial charge in [0.05, 0.1) is 11.5 Å². The molecule has 1 aliphatic heterocycles. The average Bonchev–Trinajstić information content (AvgIpc) is 2.92. The summed E-state index contributed by atoms with van der Waals surface area (Å²) < 4.78 is 36.6. The van der Waals surface area contributed by atoms with E-state index < -0.39 is 15.7 Å². The number of anilines is 1. The van der Waals surface area contributed by atoms with Crippen molar-refractivity contribution in [2.24, 2.45) is 0 Å². The third-order valence-corrected chi connectivity index (χ3v) is 5.76. The van der Waals surface area contributed by atoms with Gasteiger partial charge in [0, 0.05) is 30.0 Å². The summed E-state index contributed by atoms with van der Waals surface area (Å²) in [5.41, 5.74) is 1.21. The van der Waals surface area contributed by atoms with Gasteiger partial charge in [0.1, 0.15) is 11.5 Å². The third kappa shape index (κ3) is 4.54. The maximum absolute atomic E-state index is 13.6. The number of aromatic nitrogens is 1. The van der Waals surface area contributed by atoms with Crippen LogP contribution in [-0.4, -0.2) is 36.9 Å². The Hall–Kier alpha value is -2.48. The lowest BCUT2D eigenvalue weighted by molar-refractivity contribution is 0.0945. The lowest BCUT2D eigenvalue weighted by atomic mass is 10.2. The van der Waals surface area contributed by atoms with Crippen molar-refractivity contribution >= 4 is 21.4 Å². The highest BCUT2D eigenvalue weighted by Crippen LogP contribution is 2.18. The number of amides is 1. The first kappa shape index (κ1) is 17.3. The molecule has 0 spiro atoms. The molecule has 0 radical (unpaired) electrons. The van der Waals surface area contributed by atoms with E-state index in [1.807, 2.05) is 0 Å². The third-order valence-electron chi connectivity index (χ3n) is 3.99. The molecule has 25 heavy (non-hydrogen) atoms. The van der Waals surface area contributed by atoms with Gasteiger partial charge in [-0.05, 0) is 24.6 Å². The van der Waals surface area contributed by atoms with E-state index in [0.717, 1.165) is 0 Å². The number of sulfone groups is 1. The van der Waals surface area contributed by atoms with Crippen molar-refractivity contribution in [1.82, 2.24) is 10.3 Å². The van der Waals surface area contributed by atoms with E-state index in [2.05, 4.69) is 15.6 Å². The molecule has 2 aromatic rings. The van der Waals surface area contributed by atoms with Gasteiger partial charge < -0.3 is 10.6 Å². The molecule has 6 nitrogen and oxygen atoms in total. The molecule has 1 fully saturated rings. The quantitative estimate of drug-likeness (QED) is 0.845. The minimum Gasteiger partial charge on any atom is -0.381 e. The van der Waals surface area contributed by atoms with E-state index in [-0.39, 0.29) is 35.6 Å². The van der Waals surface area contributed by atoms with Crippen LogP contribution in [0.15, 0.2) is 42.6 Å². The first-order valence-electron chi connectivity index (χ1n) is 7.87. The Morgan fingerprint density at radius 2 is 2.08 bits per heavy atom. The molecule has 1 aromatic carbocycles. The smallest absolute Gasteiger partial charge is 0.270 e. The summed E-state index contributed by atoms with van der Waals surface area (Å²) in [6, 6.07) is 9.28. The van der Waals surface area contributed by atoms with Gasteiger partial charge in [0.25, 0.3) is 5.91 Å². The number of hydrogen-bond donors (Lipinski definition) is 2. The Morgan fingerprint density at radius 1 is 1.28 bits per heavy atom. The largest absolute Gasteiger partial charge is 0.381 e. The fraction of sp³-hybridized carbons (Fsp3) is 0.294. The zero-order chi connectivity index (χ0) is 17.9. The molecule has 8 heteroatoms. The van der Waals surface area contributed by atoms with Crippen molar-refractivity contribution in [2.45, 2.75) is 19.0 Å². The monoisotopic (exact) mass is 363 g/mol. The molecule has 2 heterocycles. The highest BCUT2D eigenvalue weighted by molar-refractivity contribution is 7.91. The van der Waals surface area contributed by atoms with Gasteiger partial charge in [-0.3, -0.25) is 9.78 Å². The van der Waals surface area contributed by atoms with E-state index in [4.69, 9.17) is 0 Å². The highest BCUT2D eigenvalue weighted by atomic mass is 32.2. The van der Waals surface area contributed by atoms with Crippen molar-refractivity contribution in [3.63, 3.8) is 0 Å². The van der Waals surface area contributed by atoms with Crippen LogP contribution in [0, 0.1) is 5.82 Å². The lowest BCUT2D eigenvalue weighted by Gasteiger charge is -2.13. The SMILES string of the molecule is O=C(NCc1ccccc1F)c1cc(NC2CCS(=O)(=O)C2)ccn1. The van der Waals surface area contributed by atoms with Crippen molar-refractivity contribution in [2.75, 3.05) is 16.8 Å². The number of halogens is 1. The number of hydrogen-bond acceptors (Lipinski definition) is 5. The van der Waals surface area contributed by atoms with Crippen LogP contribution in [0.1, 0.15) is 22.5 Å². The molecule has 1 aromatic heterocycles. The highest BCUT2D eigenvalue weighted by Gasteiger charge is 2.27. The molecular formula is C17H18FN3O3S. The molecule has 0 saturated carbocycles. The van der Waals surface area contributed by atoms with Gasteiger partial charge in [-0.2, -0.15) is 0 Å². The van der Waals surface area contributed by atoms with Gasteiger partial charge in [0.15, 0.2) is 9.84 Å². The number of rotatable bonds is 5. The summed E-state index contributed by atoms with van der Waals surface area (Å²) >= 11 is 0. The molecular weight excluding hydrogens is 345 g/mol. The van der Waals surface area contributed by atoms with Crippen LogP contribution >= 0.6 is 0 Å². The van der Waals surface area contributed by atoms with Crippen molar-refractivity contribution in [1.29, 1.82) is 0 Å². The standard InChI is InChI=1S/C17H18FN3O3S/c18-15-4-2-1-3-12(15)10-20-17(22)16-9-13(5-7-19-16)21-14-6-8-25(23,24)11-14/h1-5,7,9,14H,6,8,10-11H2,(H,19,21)(H,20,22). The van der Waals surface area contributed by atoms with Crippen LogP contribution in [0.25, 0.3) is 0 Å². The van der Waals surface area contributed by atoms with Gasteiger partial charge >= 0.3 is 0 Å². The Labute approximate surface area is 145 Å². The maximum atomic E-state index is 13.6. The molecule has 1 unspecified atom stereocenters. The Morgan fingerprint density at radius 3 is 2.80 bits per heavy atom. The van der Waals surface area contributed by atoms with Crippen molar-refractivity contribution < 1.29 is 17.6 Å². The maximum Gasteiger partial charge on any atom is 0.270 e. The second-order valence-corrected chi connectivity index (χ2v) is 8.18. The fourth-order valence-corrected chi connectivity index (χ4v) is 4.37. The van der Waals surface area contributed by atoms with Crippen molar-refractivity contribution in [3.8, 4) is 0 Å². The van der Waals surface area contributed by atoms with Crippen LogP contribution in [0.4, 0.5) is 10.1 Å². The van der Waals surface area contributed by atoms with Crippen molar-refractivity contribution in [3.05, 3.63) is 59.7 Å². The average molecular weight is 363 g/mol. The van der Waals surface area contributed by atoms with Gasteiger partial charge in [0.2, 0.25) is 0 Å².